The predicted octanol–water partition coefficient (Wildman–Crippen LogP) is 3.23. The summed E-state index contributed by atoms with van der Waals surface area (Å²) < 4.78 is 6.73. The van der Waals surface area contributed by atoms with Crippen LogP contribution in [0, 0.1) is 11.3 Å². The first-order valence-corrected chi connectivity index (χ1v) is 8.88. The van der Waals surface area contributed by atoms with Gasteiger partial charge in [-0.1, -0.05) is 0 Å². The van der Waals surface area contributed by atoms with Crippen molar-refractivity contribution in [2.75, 3.05) is 0 Å². The third kappa shape index (κ3) is 4.54. The first kappa shape index (κ1) is 17.4. The Balaban J connectivity index is 1.50. The molecule has 0 bridgehead atoms. The molecule has 6 nitrogen and oxygen atoms in total. The molecule has 7 heteroatoms. The molecule has 1 heterocycles. The van der Waals surface area contributed by atoms with E-state index in [-0.39, 0.29) is 18.1 Å². The van der Waals surface area contributed by atoms with E-state index < -0.39 is 0 Å². The summed E-state index contributed by atoms with van der Waals surface area (Å²) in [5.74, 6) is 0.561. The number of ether oxygens (including phenoxy) is 1. The van der Waals surface area contributed by atoms with Gasteiger partial charge in [0.25, 0.3) is 5.91 Å². The fraction of sp³-hybridized carbons (Fsp3) is 0.333. The lowest BCUT2D eigenvalue weighted by Gasteiger charge is -2.29. The maximum absolute atomic E-state index is 12.1. The monoisotopic (exact) mass is 400 g/mol. The largest absolute Gasteiger partial charge is 0.490 e. The Labute approximate surface area is 154 Å². The summed E-state index contributed by atoms with van der Waals surface area (Å²) in [5.41, 5.74) is 0.922. The van der Waals surface area contributed by atoms with Crippen molar-refractivity contribution in [2.24, 2.45) is 0 Å². The minimum Gasteiger partial charge on any atom is -0.490 e. The number of benzene rings is 1. The molecule has 1 saturated carbocycles. The Bertz CT molecular complexity index is 783. The topological polar surface area (TPSA) is 87.9 Å². The van der Waals surface area contributed by atoms with E-state index in [4.69, 9.17) is 10.00 Å². The van der Waals surface area contributed by atoms with Crippen LogP contribution in [0.3, 0.4) is 0 Å². The molecule has 2 aromatic rings. The smallest absolute Gasteiger partial charge is 0.271 e. The summed E-state index contributed by atoms with van der Waals surface area (Å²) in [5, 5.41) is 12.0. The molecule has 0 unspecified atom stereocenters. The van der Waals surface area contributed by atoms with E-state index in [2.05, 4.69) is 37.3 Å². The highest BCUT2D eigenvalue weighted by atomic mass is 79.9. The van der Waals surface area contributed by atoms with Crippen LogP contribution in [-0.4, -0.2) is 28.0 Å². The Morgan fingerprint density at radius 2 is 2.08 bits per heavy atom. The van der Waals surface area contributed by atoms with Crippen molar-refractivity contribution in [2.45, 2.75) is 37.8 Å². The van der Waals surface area contributed by atoms with Gasteiger partial charge in [0.1, 0.15) is 17.5 Å². The summed E-state index contributed by atoms with van der Waals surface area (Å²) in [6, 6.07) is 7.61. The molecule has 0 radical (unpaired) electrons. The van der Waals surface area contributed by atoms with Crippen LogP contribution < -0.4 is 10.1 Å². The lowest BCUT2D eigenvalue weighted by Crippen LogP contribution is -2.40. The summed E-state index contributed by atoms with van der Waals surface area (Å²) in [4.78, 5) is 20.0. The van der Waals surface area contributed by atoms with E-state index in [1.54, 1.807) is 12.3 Å². The van der Waals surface area contributed by atoms with E-state index in [9.17, 15) is 4.79 Å². The van der Waals surface area contributed by atoms with Gasteiger partial charge in [-0.25, -0.2) is 4.98 Å². The number of carbonyl (C=O) groups excluding carboxylic acids is 1. The predicted molar refractivity (Wildman–Crippen MR) is 95.0 cm³/mol. The van der Waals surface area contributed by atoms with Gasteiger partial charge >= 0.3 is 0 Å². The number of carbonyl (C=O) groups is 1. The van der Waals surface area contributed by atoms with Crippen molar-refractivity contribution in [1.29, 1.82) is 5.26 Å². The van der Waals surface area contributed by atoms with Crippen LogP contribution in [0.1, 0.15) is 41.7 Å². The second-order valence-corrected chi connectivity index (χ2v) is 6.76. The molecular weight excluding hydrogens is 384 g/mol. The number of aromatic nitrogens is 2. The lowest BCUT2D eigenvalue weighted by molar-refractivity contribution is 0.0888. The summed E-state index contributed by atoms with van der Waals surface area (Å²) in [7, 11) is 0. The minimum absolute atomic E-state index is 0.115. The first-order valence-electron chi connectivity index (χ1n) is 8.09. The number of nitriles is 1. The standard InChI is InChI=1S/C18H17BrN4O2/c19-16-9-15(4-1-12(16)10-20)25-14-5-2-13(3-6-14)23-18(24)17-11-21-7-8-22-17/h1,4,7-9,11,13-14H,2-3,5-6H2,(H,23,24). The molecule has 1 N–H and O–H groups in total. The second kappa shape index (κ2) is 8.08. The fourth-order valence-corrected chi connectivity index (χ4v) is 3.30. The van der Waals surface area contributed by atoms with Crippen LogP contribution in [-0.2, 0) is 0 Å². The molecule has 3 rings (SSSR count). The van der Waals surface area contributed by atoms with E-state index in [0.717, 1.165) is 35.9 Å². The molecule has 128 valence electrons. The number of halogens is 1. The van der Waals surface area contributed by atoms with Gasteiger partial charge in [0.05, 0.1) is 17.9 Å². The van der Waals surface area contributed by atoms with Crippen molar-refractivity contribution in [3.63, 3.8) is 0 Å². The fourth-order valence-electron chi connectivity index (χ4n) is 2.85. The summed E-state index contributed by atoms with van der Waals surface area (Å²) in [6.45, 7) is 0. The van der Waals surface area contributed by atoms with Crippen molar-refractivity contribution in [1.82, 2.24) is 15.3 Å². The van der Waals surface area contributed by atoms with Gasteiger partial charge in [0.15, 0.2) is 0 Å². The minimum atomic E-state index is -0.187. The van der Waals surface area contributed by atoms with Gasteiger partial charge in [0.2, 0.25) is 0 Å². The zero-order chi connectivity index (χ0) is 17.6. The molecule has 0 aliphatic heterocycles. The summed E-state index contributed by atoms with van der Waals surface area (Å²) in [6.07, 6.45) is 8.07. The number of hydrogen-bond donors (Lipinski definition) is 1. The highest BCUT2D eigenvalue weighted by Gasteiger charge is 2.24. The molecule has 25 heavy (non-hydrogen) atoms. The third-order valence-corrected chi connectivity index (χ3v) is 4.83. The Hall–Kier alpha value is -2.46. The maximum atomic E-state index is 12.1. The molecule has 1 aromatic heterocycles. The van der Waals surface area contributed by atoms with Gasteiger partial charge in [-0.15, -0.1) is 0 Å². The van der Waals surface area contributed by atoms with Crippen molar-refractivity contribution < 1.29 is 9.53 Å². The van der Waals surface area contributed by atoms with Gasteiger partial charge in [-0.05, 0) is 59.8 Å². The number of rotatable bonds is 4. The van der Waals surface area contributed by atoms with Gasteiger partial charge in [0, 0.05) is 22.9 Å². The van der Waals surface area contributed by atoms with Gasteiger partial charge in [-0.2, -0.15) is 5.26 Å². The highest BCUT2D eigenvalue weighted by Crippen LogP contribution is 2.27. The van der Waals surface area contributed by atoms with E-state index in [1.165, 1.54) is 12.4 Å². The molecule has 1 aliphatic carbocycles. The van der Waals surface area contributed by atoms with Crippen molar-refractivity contribution >= 4 is 21.8 Å². The zero-order valence-electron chi connectivity index (χ0n) is 13.5. The van der Waals surface area contributed by atoms with E-state index in [1.807, 2.05) is 12.1 Å². The zero-order valence-corrected chi connectivity index (χ0v) is 15.1. The van der Waals surface area contributed by atoms with Crippen LogP contribution in [0.25, 0.3) is 0 Å². The normalized spacial score (nSPS) is 19.7. The number of amides is 1. The first-order chi connectivity index (χ1) is 12.2. The van der Waals surface area contributed by atoms with Crippen LogP contribution in [0.4, 0.5) is 0 Å². The van der Waals surface area contributed by atoms with Crippen LogP contribution in [0.2, 0.25) is 0 Å². The van der Waals surface area contributed by atoms with Gasteiger partial charge < -0.3 is 10.1 Å². The molecular formula is C18H17BrN4O2. The van der Waals surface area contributed by atoms with Crippen LogP contribution in [0.5, 0.6) is 5.75 Å². The Morgan fingerprint density at radius 1 is 1.28 bits per heavy atom. The second-order valence-electron chi connectivity index (χ2n) is 5.91. The molecule has 1 amide bonds. The number of nitrogens with zero attached hydrogens (tertiary/aromatic N) is 3. The van der Waals surface area contributed by atoms with E-state index in [0.29, 0.717) is 11.3 Å². The molecule has 1 aliphatic rings. The molecule has 1 fully saturated rings. The van der Waals surface area contributed by atoms with Crippen molar-refractivity contribution in [3.05, 3.63) is 52.5 Å². The number of nitrogens with one attached hydrogen (secondary N) is 1. The average molecular weight is 401 g/mol. The Kier molecular flexibility index (Phi) is 5.61. The van der Waals surface area contributed by atoms with E-state index >= 15 is 0 Å². The highest BCUT2D eigenvalue weighted by molar-refractivity contribution is 9.10. The molecule has 0 spiro atoms. The van der Waals surface area contributed by atoms with Crippen LogP contribution >= 0.6 is 15.9 Å². The van der Waals surface area contributed by atoms with Crippen LogP contribution in [0.15, 0.2) is 41.3 Å². The van der Waals surface area contributed by atoms with Gasteiger partial charge in [-0.3, -0.25) is 9.78 Å². The number of hydrogen-bond acceptors (Lipinski definition) is 5. The Morgan fingerprint density at radius 3 is 2.72 bits per heavy atom. The summed E-state index contributed by atoms with van der Waals surface area (Å²) >= 11 is 3.37. The average Bonchev–Trinajstić information content (AvgIpc) is 2.64. The quantitative estimate of drug-likeness (QED) is 0.850. The lowest BCUT2D eigenvalue weighted by atomic mass is 9.93. The maximum Gasteiger partial charge on any atom is 0.271 e. The molecule has 0 saturated heterocycles. The van der Waals surface area contributed by atoms with Crippen molar-refractivity contribution in [3.8, 4) is 11.8 Å². The molecule has 0 atom stereocenters. The SMILES string of the molecule is N#Cc1ccc(OC2CCC(NC(=O)c3cnccn3)CC2)cc1Br. The third-order valence-electron chi connectivity index (χ3n) is 4.17. The molecule has 1 aromatic carbocycles.